The summed E-state index contributed by atoms with van der Waals surface area (Å²) in [6.07, 6.45) is 0.0941. The second kappa shape index (κ2) is 10.1. The Hall–Kier alpha value is -1.95. The van der Waals surface area contributed by atoms with E-state index in [-0.39, 0.29) is 11.5 Å². The third-order valence-electron chi connectivity index (χ3n) is 3.92. The predicted molar refractivity (Wildman–Crippen MR) is 103 cm³/mol. The molecule has 25 heavy (non-hydrogen) atoms. The lowest BCUT2D eigenvalue weighted by atomic mass is 9.89. The van der Waals surface area contributed by atoms with E-state index in [0.29, 0.717) is 19.7 Å². The first-order valence-electron chi connectivity index (χ1n) is 8.62. The van der Waals surface area contributed by atoms with Gasteiger partial charge in [0.05, 0.1) is 19.8 Å². The van der Waals surface area contributed by atoms with Crippen LogP contribution in [0.5, 0.6) is 11.5 Å². The fourth-order valence-corrected chi connectivity index (χ4v) is 2.44. The van der Waals surface area contributed by atoms with Crippen LogP contribution < -0.4 is 20.1 Å². The van der Waals surface area contributed by atoms with Crippen molar-refractivity contribution in [2.75, 3.05) is 34.4 Å². The van der Waals surface area contributed by atoms with Gasteiger partial charge in [0, 0.05) is 27.2 Å². The summed E-state index contributed by atoms with van der Waals surface area (Å²) in [5, 5.41) is 6.62. The zero-order valence-electron chi connectivity index (χ0n) is 16.6. The summed E-state index contributed by atoms with van der Waals surface area (Å²) in [5.41, 5.74) is 1.14. The van der Waals surface area contributed by atoms with Gasteiger partial charge in [-0.2, -0.15) is 0 Å². The quantitative estimate of drug-likeness (QED) is 0.557. The predicted octanol–water partition coefficient (Wildman–Crippen LogP) is 2.82. The molecule has 1 atom stereocenters. The molecule has 6 heteroatoms. The minimum atomic E-state index is 0.0586. The van der Waals surface area contributed by atoms with Crippen LogP contribution in [0.25, 0.3) is 0 Å². The van der Waals surface area contributed by atoms with Gasteiger partial charge in [-0.25, -0.2) is 0 Å². The lowest BCUT2D eigenvalue weighted by Gasteiger charge is -2.30. The first-order valence-corrected chi connectivity index (χ1v) is 8.62. The summed E-state index contributed by atoms with van der Waals surface area (Å²) in [6.45, 7) is 10.4. The molecule has 0 aliphatic carbocycles. The molecule has 0 aromatic heterocycles. The van der Waals surface area contributed by atoms with E-state index in [9.17, 15) is 0 Å². The normalized spacial score (nSPS) is 13.3. The van der Waals surface area contributed by atoms with Crippen molar-refractivity contribution in [1.29, 1.82) is 0 Å². The van der Waals surface area contributed by atoms with Gasteiger partial charge in [0.1, 0.15) is 0 Å². The van der Waals surface area contributed by atoms with Crippen molar-refractivity contribution in [3.63, 3.8) is 0 Å². The summed E-state index contributed by atoms with van der Waals surface area (Å²) in [7, 11) is 5.14. The largest absolute Gasteiger partial charge is 0.493 e. The third kappa shape index (κ3) is 6.82. The number of hydrogen-bond acceptors (Lipinski definition) is 4. The number of rotatable bonds is 8. The van der Waals surface area contributed by atoms with E-state index < -0.39 is 0 Å². The number of nitrogens with one attached hydrogen (secondary N) is 2. The highest BCUT2D eigenvalue weighted by atomic mass is 16.5. The number of methoxy groups -OCH3 is 2. The Labute approximate surface area is 152 Å². The highest BCUT2D eigenvalue weighted by Gasteiger charge is 2.24. The van der Waals surface area contributed by atoms with Gasteiger partial charge in [0.25, 0.3) is 0 Å². The van der Waals surface area contributed by atoms with Gasteiger partial charge in [-0.3, -0.25) is 4.99 Å². The summed E-state index contributed by atoms with van der Waals surface area (Å²) in [5.74, 6) is 2.22. The maximum Gasteiger partial charge on any atom is 0.191 e. The molecule has 0 heterocycles. The van der Waals surface area contributed by atoms with Gasteiger partial charge in [0.15, 0.2) is 17.5 Å². The molecular weight excluding hydrogens is 318 g/mol. The highest BCUT2D eigenvalue weighted by molar-refractivity contribution is 5.79. The Kier molecular flexibility index (Phi) is 8.55. The second-order valence-electron chi connectivity index (χ2n) is 6.82. The molecule has 1 unspecified atom stereocenters. The zero-order valence-corrected chi connectivity index (χ0v) is 16.6. The minimum absolute atomic E-state index is 0.0586. The maximum absolute atomic E-state index is 5.56. The van der Waals surface area contributed by atoms with Crippen molar-refractivity contribution in [3.8, 4) is 11.5 Å². The molecule has 0 saturated carbocycles. The van der Waals surface area contributed by atoms with Crippen LogP contribution in [0.1, 0.15) is 33.3 Å². The zero-order chi connectivity index (χ0) is 18.9. The van der Waals surface area contributed by atoms with Gasteiger partial charge in [-0.05, 0) is 30.0 Å². The molecule has 1 aromatic rings. The van der Waals surface area contributed by atoms with E-state index in [1.54, 1.807) is 21.3 Å². The van der Waals surface area contributed by atoms with E-state index in [2.05, 4.69) is 36.4 Å². The van der Waals surface area contributed by atoms with Crippen LogP contribution in [0.15, 0.2) is 23.2 Å². The second-order valence-corrected chi connectivity index (χ2v) is 6.82. The van der Waals surface area contributed by atoms with Crippen LogP contribution in [-0.2, 0) is 11.3 Å². The van der Waals surface area contributed by atoms with Crippen molar-refractivity contribution in [1.82, 2.24) is 10.6 Å². The van der Waals surface area contributed by atoms with Crippen LogP contribution in [-0.4, -0.2) is 46.5 Å². The van der Waals surface area contributed by atoms with Crippen LogP contribution in [0.4, 0.5) is 0 Å². The summed E-state index contributed by atoms with van der Waals surface area (Å²) < 4.78 is 16.5. The van der Waals surface area contributed by atoms with E-state index in [1.807, 2.05) is 25.1 Å². The van der Waals surface area contributed by atoms with Gasteiger partial charge >= 0.3 is 0 Å². The van der Waals surface area contributed by atoms with Gasteiger partial charge in [-0.1, -0.05) is 26.8 Å². The molecule has 1 rings (SSSR count). The van der Waals surface area contributed by atoms with Crippen molar-refractivity contribution in [3.05, 3.63) is 23.8 Å². The average Bonchev–Trinajstić information content (AvgIpc) is 2.58. The smallest absolute Gasteiger partial charge is 0.191 e. The average molecular weight is 351 g/mol. The van der Waals surface area contributed by atoms with E-state index in [0.717, 1.165) is 23.0 Å². The molecule has 0 aliphatic heterocycles. The molecule has 0 amide bonds. The standard InChI is InChI=1S/C19H33N3O3/c1-8-25-15-10-9-14(11-16(15)23-6)12-21-18(20-5)22-13-17(24-7)19(2,3)4/h9-11,17H,8,12-13H2,1-7H3,(H2,20,21,22). The third-order valence-corrected chi connectivity index (χ3v) is 3.92. The molecule has 1 aromatic carbocycles. The Morgan fingerprint density at radius 3 is 2.40 bits per heavy atom. The highest BCUT2D eigenvalue weighted by Crippen LogP contribution is 2.28. The van der Waals surface area contributed by atoms with Gasteiger partial charge in [0.2, 0.25) is 0 Å². The summed E-state index contributed by atoms with van der Waals surface area (Å²) in [6, 6.07) is 5.91. The van der Waals surface area contributed by atoms with E-state index in [4.69, 9.17) is 14.2 Å². The number of benzene rings is 1. The Morgan fingerprint density at radius 2 is 1.88 bits per heavy atom. The van der Waals surface area contributed by atoms with Crippen molar-refractivity contribution in [2.45, 2.75) is 40.3 Å². The molecule has 0 bridgehead atoms. The molecular formula is C19H33N3O3. The molecule has 0 saturated heterocycles. The molecule has 142 valence electrons. The van der Waals surface area contributed by atoms with Crippen LogP contribution in [0.3, 0.4) is 0 Å². The fraction of sp³-hybridized carbons (Fsp3) is 0.632. The molecule has 2 N–H and O–H groups in total. The SMILES string of the molecule is CCOc1ccc(CNC(=NC)NCC(OC)C(C)(C)C)cc1OC. The number of ether oxygens (including phenoxy) is 3. The first-order chi connectivity index (χ1) is 11.8. The number of nitrogens with zero attached hydrogens (tertiary/aromatic N) is 1. The lowest BCUT2D eigenvalue weighted by molar-refractivity contribution is 0.0205. The van der Waals surface area contributed by atoms with E-state index in [1.165, 1.54) is 0 Å². The fourth-order valence-electron chi connectivity index (χ4n) is 2.44. The van der Waals surface area contributed by atoms with Crippen LogP contribution >= 0.6 is 0 Å². The Bertz CT molecular complexity index is 553. The Balaban J connectivity index is 2.63. The molecule has 6 nitrogen and oxygen atoms in total. The molecule has 0 radical (unpaired) electrons. The van der Waals surface area contributed by atoms with Crippen molar-refractivity contribution in [2.24, 2.45) is 10.4 Å². The first kappa shape index (κ1) is 21.1. The lowest BCUT2D eigenvalue weighted by Crippen LogP contribution is -2.45. The van der Waals surface area contributed by atoms with Crippen LogP contribution in [0, 0.1) is 5.41 Å². The van der Waals surface area contributed by atoms with Gasteiger partial charge in [-0.15, -0.1) is 0 Å². The monoisotopic (exact) mass is 351 g/mol. The number of hydrogen-bond donors (Lipinski definition) is 2. The summed E-state index contributed by atoms with van der Waals surface area (Å²) >= 11 is 0. The van der Waals surface area contributed by atoms with Crippen molar-refractivity contribution < 1.29 is 14.2 Å². The Morgan fingerprint density at radius 1 is 1.16 bits per heavy atom. The molecule has 0 aliphatic rings. The van der Waals surface area contributed by atoms with Crippen molar-refractivity contribution >= 4 is 5.96 Å². The van der Waals surface area contributed by atoms with E-state index >= 15 is 0 Å². The van der Waals surface area contributed by atoms with Gasteiger partial charge < -0.3 is 24.8 Å². The maximum atomic E-state index is 5.56. The molecule has 0 spiro atoms. The molecule has 0 fully saturated rings. The minimum Gasteiger partial charge on any atom is -0.493 e. The summed E-state index contributed by atoms with van der Waals surface area (Å²) in [4.78, 5) is 4.26. The van der Waals surface area contributed by atoms with Crippen LogP contribution in [0.2, 0.25) is 0 Å². The number of aliphatic imine (C=N–C) groups is 1. The number of guanidine groups is 1. The topological polar surface area (TPSA) is 64.1 Å².